The molecule has 0 spiro atoms. The van der Waals surface area contributed by atoms with Crippen molar-refractivity contribution in [2.45, 2.75) is 37.8 Å². The second-order valence-corrected chi connectivity index (χ2v) is 3.19. The molecule has 0 aliphatic heterocycles. The Balaban J connectivity index is 2.43. The van der Waals surface area contributed by atoms with Gasteiger partial charge in [-0.25, -0.2) is 0 Å². The molecule has 0 radical (unpaired) electrons. The lowest BCUT2D eigenvalue weighted by molar-refractivity contribution is -0.245. The van der Waals surface area contributed by atoms with Gasteiger partial charge in [0.2, 0.25) is 0 Å². The van der Waals surface area contributed by atoms with E-state index >= 15 is 0 Å². The summed E-state index contributed by atoms with van der Waals surface area (Å²) >= 11 is 0. The van der Waals surface area contributed by atoms with Crippen LogP contribution in [0.5, 0.6) is 0 Å². The first kappa shape index (κ1) is 11.5. The number of ketones is 1. The quantitative estimate of drug-likeness (QED) is 0.707. The number of rotatable bonds is 3. The van der Waals surface area contributed by atoms with Crippen LogP contribution in [-0.2, 0) is 14.3 Å². The highest BCUT2D eigenvalue weighted by atomic mass is 19.4. The van der Waals surface area contributed by atoms with Crippen LogP contribution in [0, 0.1) is 0 Å². The normalized spacial score (nSPS) is 29.9. The van der Waals surface area contributed by atoms with E-state index in [1.807, 2.05) is 0 Å². The van der Waals surface area contributed by atoms with E-state index < -0.39 is 24.5 Å². The number of carbonyl (C=O) groups is 1. The molecule has 0 aromatic carbocycles. The molecular weight excluding hydrogens is 201 g/mol. The molecule has 0 aromatic rings. The summed E-state index contributed by atoms with van der Waals surface area (Å²) in [5, 5.41) is 0. The third kappa shape index (κ3) is 2.24. The Kier molecular flexibility index (Phi) is 3.16. The fourth-order valence-corrected chi connectivity index (χ4v) is 1.21. The summed E-state index contributed by atoms with van der Waals surface area (Å²) in [6.07, 6.45) is -7.85. The highest BCUT2D eigenvalue weighted by Crippen LogP contribution is 2.29. The first-order valence-corrected chi connectivity index (χ1v) is 4.14. The van der Waals surface area contributed by atoms with Crippen molar-refractivity contribution in [3.8, 4) is 0 Å². The van der Waals surface area contributed by atoms with Gasteiger partial charge in [0.05, 0.1) is 6.10 Å². The van der Waals surface area contributed by atoms with Crippen molar-refractivity contribution in [3.05, 3.63) is 0 Å². The van der Waals surface area contributed by atoms with Gasteiger partial charge in [0.15, 0.2) is 11.9 Å². The number of hydrogen-bond donors (Lipinski definition) is 0. The van der Waals surface area contributed by atoms with Gasteiger partial charge in [-0.15, -0.1) is 0 Å². The maximum absolute atomic E-state index is 12.0. The average Bonchev–Trinajstić information content (AvgIpc) is 2.02. The van der Waals surface area contributed by atoms with Gasteiger partial charge < -0.3 is 9.47 Å². The number of Topliss-reactive ketones (excluding diaryl/α,β-unsaturated/α-hetero) is 1. The Morgan fingerprint density at radius 3 is 2.43 bits per heavy atom. The third-order valence-electron chi connectivity index (χ3n) is 2.15. The van der Waals surface area contributed by atoms with E-state index in [1.54, 1.807) is 0 Å². The summed E-state index contributed by atoms with van der Waals surface area (Å²) in [5.41, 5.74) is 0. The molecule has 0 aromatic heterocycles. The molecule has 1 saturated carbocycles. The van der Waals surface area contributed by atoms with Gasteiger partial charge in [0.25, 0.3) is 0 Å². The van der Waals surface area contributed by atoms with Crippen LogP contribution in [0.3, 0.4) is 0 Å². The Labute approximate surface area is 79.2 Å². The van der Waals surface area contributed by atoms with Gasteiger partial charge in [-0.2, -0.15) is 13.2 Å². The van der Waals surface area contributed by atoms with Crippen molar-refractivity contribution in [1.82, 2.24) is 0 Å². The number of ether oxygens (including phenoxy) is 2. The molecule has 3 unspecified atom stereocenters. The van der Waals surface area contributed by atoms with E-state index in [0.717, 1.165) is 6.92 Å². The second-order valence-electron chi connectivity index (χ2n) is 3.19. The van der Waals surface area contributed by atoms with Crippen LogP contribution in [0.25, 0.3) is 0 Å². The van der Waals surface area contributed by atoms with Gasteiger partial charge in [-0.05, 0) is 6.92 Å². The third-order valence-corrected chi connectivity index (χ3v) is 2.15. The van der Waals surface area contributed by atoms with Crippen molar-refractivity contribution >= 4 is 5.78 Å². The molecule has 1 fully saturated rings. The van der Waals surface area contributed by atoms with E-state index in [9.17, 15) is 18.0 Å². The molecular formula is C8H11F3O3. The van der Waals surface area contributed by atoms with Gasteiger partial charge in [-0.1, -0.05) is 0 Å². The van der Waals surface area contributed by atoms with E-state index in [1.165, 1.54) is 7.11 Å². The van der Waals surface area contributed by atoms with E-state index in [4.69, 9.17) is 0 Å². The summed E-state index contributed by atoms with van der Waals surface area (Å²) in [5.74, 6) is -0.216. The van der Waals surface area contributed by atoms with Crippen LogP contribution in [0.2, 0.25) is 0 Å². The minimum atomic E-state index is -4.39. The molecule has 3 nitrogen and oxygen atoms in total. The predicted octanol–water partition coefficient (Wildman–Crippen LogP) is 1.31. The lowest BCUT2D eigenvalue weighted by atomic mass is 9.90. The topological polar surface area (TPSA) is 35.5 Å². The number of halogens is 3. The van der Waals surface area contributed by atoms with Crippen LogP contribution in [0.15, 0.2) is 0 Å². The largest absolute Gasteiger partial charge is 0.414 e. The second kappa shape index (κ2) is 3.86. The zero-order valence-electron chi connectivity index (χ0n) is 7.80. The Bertz CT molecular complexity index is 226. The van der Waals surface area contributed by atoms with Gasteiger partial charge in [0.1, 0.15) is 6.10 Å². The number of methoxy groups -OCH3 is 1. The van der Waals surface area contributed by atoms with Gasteiger partial charge >= 0.3 is 6.18 Å². The van der Waals surface area contributed by atoms with Crippen molar-refractivity contribution in [3.63, 3.8) is 0 Å². The van der Waals surface area contributed by atoms with Crippen molar-refractivity contribution in [1.29, 1.82) is 0 Å². The molecule has 82 valence electrons. The molecule has 0 saturated heterocycles. The molecule has 3 atom stereocenters. The zero-order chi connectivity index (χ0) is 10.9. The lowest BCUT2D eigenvalue weighted by Crippen LogP contribution is -2.52. The Morgan fingerprint density at radius 1 is 1.50 bits per heavy atom. The van der Waals surface area contributed by atoms with Crippen LogP contribution in [-0.4, -0.2) is 37.4 Å². The summed E-state index contributed by atoms with van der Waals surface area (Å²) in [6, 6.07) is 0. The van der Waals surface area contributed by atoms with Gasteiger partial charge in [0, 0.05) is 13.5 Å². The summed E-state index contributed by atoms with van der Waals surface area (Å²) in [6.45, 7) is 0.912. The van der Waals surface area contributed by atoms with Crippen LogP contribution < -0.4 is 0 Å². The highest BCUT2D eigenvalue weighted by molar-refractivity contribution is 5.90. The number of carbonyl (C=O) groups excluding carboxylic acids is 1. The molecule has 6 heteroatoms. The molecule has 0 heterocycles. The summed E-state index contributed by atoms with van der Waals surface area (Å²) in [7, 11) is 1.27. The molecule has 0 N–H and O–H groups in total. The van der Waals surface area contributed by atoms with E-state index in [0.29, 0.717) is 0 Å². The fourth-order valence-electron chi connectivity index (χ4n) is 1.21. The SMILES string of the molecule is COC1C(=O)CC1OC(C)C(F)(F)F. The Hall–Kier alpha value is -0.620. The van der Waals surface area contributed by atoms with Crippen molar-refractivity contribution < 1.29 is 27.4 Å². The fraction of sp³-hybridized carbons (Fsp3) is 0.875. The van der Waals surface area contributed by atoms with Crippen molar-refractivity contribution in [2.75, 3.05) is 7.11 Å². The summed E-state index contributed by atoms with van der Waals surface area (Å²) in [4.78, 5) is 10.8. The smallest absolute Gasteiger partial charge is 0.371 e. The van der Waals surface area contributed by atoms with E-state index in [-0.39, 0.29) is 12.2 Å². The predicted molar refractivity (Wildman–Crippen MR) is 40.8 cm³/mol. The molecule has 14 heavy (non-hydrogen) atoms. The average molecular weight is 212 g/mol. The standard InChI is InChI=1S/C8H11F3O3/c1-4(8(9,10)11)14-6-3-5(12)7(6)13-2/h4,6-7H,3H2,1-2H3. The van der Waals surface area contributed by atoms with Crippen LogP contribution in [0.1, 0.15) is 13.3 Å². The zero-order valence-corrected chi connectivity index (χ0v) is 7.80. The lowest BCUT2D eigenvalue weighted by Gasteiger charge is -2.35. The number of alkyl halides is 3. The molecule has 0 amide bonds. The summed E-state index contributed by atoms with van der Waals surface area (Å²) < 4.78 is 45.5. The molecule has 1 aliphatic rings. The van der Waals surface area contributed by atoms with Crippen LogP contribution >= 0.6 is 0 Å². The first-order valence-electron chi connectivity index (χ1n) is 4.14. The Morgan fingerprint density at radius 2 is 2.07 bits per heavy atom. The molecule has 0 bridgehead atoms. The van der Waals surface area contributed by atoms with Crippen LogP contribution in [0.4, 0.5) is 13.2 Å². The minimum absolute atomic E-state index is 0.00106. The molecule has 1 rings (SSSR count). The maximum atomic E-state index is 12.0. The highest BCUT2D eigenvalue weighted by Gasteiger charge is 2.46. The van der Waals surface area contributed by atoms with E-state index in [2.05, 4.69) is 9.47 Å². The monoisotopic (exact) mass is 212 g/mol. The van der Waals surface area contributed by atoms with Gasteiger partial charge in [-0.3, -0.25) is 4.79 Å². The maximum Gasteiger partial charge on any atom is 0.414 e. The minimum Gasteiger partial charge on any atom is -0.371 e. The number of hydrogen-bond acceptors (Lipinski definition) is 3. The van der Waals surface area contributed by atoms with Crippen molar-refractivity contribution in [2.24, 2.45) is 0 Å². The molecule has 1 aliphatic carbocycles. The first-order chi connectivity index (χ1) is 6.36.